The van der Waals surface area contributed by atoms with E-state index in [1.54, 1.807) is 12.1 Å². The fourth-order valence-corrected chi connectivity index (χ4v) is 3.98. The second kappa shape index (κ2) is 11.5. The van der Waals surface area contributed by atoms with E-state index in [0.29, 0.717) is 12.8 Å². The first kappa shape index (κ1) is 25.1. The molecule has 10 nitrogen and oxygen atoms in total. The van der Waals surface area contributed by atoms with Crippen molar-refractivity contribution in [2.45, 2.75) is 42.2 Å². The molecule has 0 saturated carbocycles. The quantitative estimate of drug-likeness (QED) is 0.188. The summed E-state index contributed by atoms with van der Waals surface area (Å²) in [5.41, 5.74) is 0. The van der Waals surface area contributed by atoms with Crippen LogP contribution in [0.25, 0.3) is 10.8 Å². The van der Waals surface area contributed by atoms with Gasteiger partial charge in [0.2, 0.25) is 10.0 Å². The van der Waals surface area contributed by atoms with Crippen LogP contribution in [0, 0.1) is 0 Å². The first-order chi connectivity index (χ1) is 14.7. The first-order valence-corrected chi connectivity index (χ1v) is 11.2. The largest absolute Gasteiger partial charge is 0.394 e. The van der Waals surface area contributed by atoms with Crippen LogP contribution in [-0.4, -0.2) is 84.0 Å². The molecule has 4 atom stereocenters. The molecule has 2 aromatic carbocycles. The standard InChI is InChI=1S/C20H28N2O8S/c23-12-16(24)17(25)18(26)19(27)20(28)21-9-3-4-10-22-31(29,30)15-8-7-13-5-1-2-6-14(13)11-15/h1-2,5-8,11,16-19,22-27H,3-4,9-10,12H2,(H,21,28)/t16-,17-,18-,19-/m0/s1. The number of fused-ring (bicyclic) bond motifs is 1. The molecule has 0 unspecified atom stereocenters. The third-order valence-electron chi connectivity index (χ3n) is 4.75. The van der Waals surface area contributed by atoms with Gasteiger partial charge < -0.3 is 30.8 Å². The van der Waals surface area contributed by atoms with Crippen LogP contribution in [0.5, 0.6) is 0 Å². The maximum atomic E-state index is 12.4. The highest BCUT2D eigenvalue weighted by Gasteiger charge is 2.33. The Bertz CT molecular complexity index is 969. The number of hydrogen-bond donors (Lipinski definition) is 7. The van der Waals surface area contributed by atoms with Gasteiger partial charge in [0.05, 0.1) is 11.5 Å². The Hall–Kier alpha value is -2.12. The van der Waals surface area contributed by atoms with Crippen LogP contribution in [-0.2, 0) is 14.8 Å². The number of aliphatic hydroxyl groups excluding tert-OH is 5. The zero-order valence-electron chi connectivity index (χ0n) is 16.8. The van der Waals surface area contributed by atoms with Crippen molar-refractivity contribution in [3.8, 4) is 0 Å². The summed E-state index contributed by atoms with van der Waals surface area (Å²) in [6.07, 6.45) is -6.78. The van der Waals surface area contributed by atoms with Gasteiger partial charge in [-0.2, -0.15) is 0 Å². The van der Waals surface area contributed by atoms with Gasteiger partial charge in [0.1, 0.15) is 18.3 Å². The molecule has 0 aliphatic carbocycles. The van der Waals surface area contributed by atoms with Crippen molar-refractivity contribution in [3.63, 3.8) is 0 Å². The van der Waals surface area contributed by atoms with Gasteiger partial charge >= 0.3 is 0 Å². The summed E-state index contributed by atoms with van der Waals surface area (Å²) in [7, 11) is -3.68. The molecule has 172 valence electrons. The smallest absolute Gasteiger partial charge is 0.251 e. The van der Waals surface area contributed by atoms with E-state index >= 15 is 0 Å². The molecule has 1 amide bonds. The Labute approximate surface area is 180 Å². The minimum atomic E-state index is -3.68. The van der Waals surface area contributed by atoms with Gasteiger partial charge in [-0.1, -0.05) is 30.3 Å². The van der Waals surface area contributed by atoms with Crippen LogP contribution < -0.4 is 10.0 Å². The molecular weight excluding hydrogens is 428 g/mol. The van der Waals surface area contributed by atoms with Crippen LogP contribution in [0.15, 0.2) is 47.4 Å². The fraction of sp³-hybridized carbons (Fsp3) is 0.450. The predicted molar refractivity (Wildman–Crippen MR) is 112 cm³/mol. The van der Waals surface area contributed by atoms with E-state index in [-0.39, 0.29) is 18.0 Å². The second-order valence-electron chi connectivity index (χ2n) is 7.08. The zero-order valence-corrected chi connectivity index (χ0v) is 17.6. The average molecular weight is 457 g/mol. The molecule has 0 aliphatic rings. The molecule has 0 spiro atoms. The van der Waals surface area contributed by atoms with Crippen molar-refractivity contribution in [1.29, 1.82) is 0 Å². The number of amides is 1. The van der Waals surface area contributed by atoms with Crippen molar-refractivity contribution in [2.24, 2.45) is 0 Å². The minimum absolute atomic E-state index is 0.0962. The van der Waals surface area contributed by atoms with Crippen LogP contribution in [0.2, 0.25) is 0 Å². The third-order valence-corrected chi connectivity index (χ3v) is 6.21. The van der Waals surface area contributed by atoms with Gasteiger partial charge in [0.15, 0.2) is 6.10 Å². The molecule has 0 bridgehead atoms. The van der Waals surface area contributed by atoms with Crippen molar-refractivity contribution in [3.05, 3.63) is 42.5 Å². The lowest BCUT2D eigenvalue weighted by Gasteiger charge is -2.24. The van der Waals surface area contributed by atoms with Crippen molar-refractivity contribution >= 4 is 26.7 Å². The number of rotatable bonds is 12. The van der Waals surface area contributed by atoms with Crippen molar-refractivity contribution < 1.29 is 38.7 Å². The Morgan fingerprint density at radius 2 is 1.55 bits per heavy atom. The molecule has 0 saturated heterocycles. The Balaban J connectivity index is 1.74. The molecule has 0 heterocycles. The number of hydrogen-bond acceptors (Lipinski definition) is 8. The Morgan fingerprint density at radius 3 is 2.23 bits per heavy atom. The Kier molecular flexibility index (Phi) is 9.32. The van der Waals surface area contributed by atoms with Gasteiger partial charge in [-0.3, -0.25) is 4.79 Å². The molecule has 31 heavy (non-hydrogen) atoms. The summed E-state index contributed by atoms with van der Waals surface area (Å²) in [5, 5.41) is 50.9. The number of unbranched alkanes of at least 4 members (excludes halogenated alkanes) is 1. The van der Waals surface area contributed by atoms with Crippen LogP contribution in [0.3, 0.4) is 0 Å². The lowest BCUT2D eigenvalue weighted by molar-refractivity contribution is -0.148. The highest BCUT2D eigenvalue weighted by Crippen LogP contribution is 2.18. The van der Waals surface area contributed by atoms with Crippen LogP contribution >= 0.6 is 0 Å². The number of carbonyl (C=O) groups excluding carboxylic acids is 1. The predicted octanol–water partition coefficient (Wildman–Crippen LogP) is -1.55. The zero-order chi connectivity index (χ0) is 23.0. The summed E-state index contributed by atoms with van der Waals surface area (Å²) < 4.78 is 27.3. The molecule has 0 fully saturated rings. The molecule has 0 radical (unpaired) electrons. The second-order valence-corrected chi connectivity index (χ2v) is 8.85. The van der Waals surface area contributed by atoms with Gasteiger partial charge in [0, 0.05) is 13.1 Å². The van der Waals surface area contributed by atoms with Crippen LogP contribution in [0.4, 0.5) is 0 Å². The van der Waals surface area contributed by atoms with Crippen molar-refractivity contribution in [1.82, 2.24) is 10.0 Å². The van der Waals surface area contributed by atoms with Crippen LogP contribution in [0.1, 0.15) is 12.8 Å². The first-order valence-electron chi connectivity index (χ1n) is 9.76. The van der Waals surface area contributed by atoms with Gasteiger partial charge in [0.25, 0.3) is 5.91 Å². The monoisotopic (exact) mass is 456 g/mol. The normalized spacial score (nSPS) is 15.9. The van der Waals surface area contributed by atoms with E-state index in [1.807, 2.05) is 24.3 Å². The summed E-state index contributed by atoms with van der Waals surface area (Å²) >= 11 is 0. The molecule has 7 N–H and O–H groups in total. The maximum Gasteiger partial charge on any atom is 0.251 e. The fourth-order valence-electron chi connectivity index (χ4n) is 2.87. The summed E-state index contributed by atoms with van der Waals surface area (Å²) in [6, 6.07) is 12.3. The summed E-state index contributed by atoms with van der Waals surface area (Å²) in [4.78, 5) is 11.9. The summed E-state index contributed by atoms with van der Waals surface area (Å²) in [5.74, 6) is -0.964. The van der Waals surface area contributed by atoms with E-state index in [0.717, 1.165) is 10.8 Å². The molecule has 2 rings (SSSR count). The molecule has 0 aliphatic heterocycles. The Morgan fingerprint density at radius 1 is 0.903 bits per heavy atom. The lowest BCUT2D eigenvalue weighted by Crippen LogP contribution is -2.51. The maximum absolute atomic E-state index is 12.4. The van der Waals surface area contributed by atoms with E-state index in [2.05, 4.69) is 10.0 Å². The minimum Gasteiger partial charge on any atom is -0.394 e. The topological polar surface area (TPSA) is 176 Å². The highest BCUT2D eigenvalue weighted by molar-refractivity contribution is 7.89. The SMILES string of the molecule is O=C(NCCCCNS(=O)(=O)c1ccc2ccccc2c1)[C@@H](O)[C@@H](O)[C@@H](O)[C@@H](O)CO. The summed E-state index contributed by atoms with van der Waals surface area (Å²) in [6.45, 7) is -0.613. The average Bonchev–Trinajstić information content (AvgIpc) is 2.78. The van der Waals surface area contributed by atoms with Gasteiger partial charge in [-0.05, 0) is 35.7 Å². The molecule has 2 aromatic rings. The van der Waals surface area contributed by atoms with E-state index < -0.39 is 47.0 Å². The van der Waals surface area contributed by atoms with Crippen molar-refractivity contribution in [2.75, 3.05) is 19.7 Å². The molecule has 11 heteroatoms. The number of sulfonamides is 1. The third kappa shape index (κ3) is 6.94. The van der Waals surface area contributed by atoms with Gasteiger partial charge in [-0.15, -0.1) is 0 Å². The van der Waals surface area contributed by atoms with Gasteiger partial charge in [-0.25, -0.2) is 13.1 Å². The number of aliphatic hydroxyl groups is 5. The number of benzene rings is 2. The number of carbonyl (C=O) groups is 1. The van der Waals surface area contributed by atoms with E-state index in [9.17, 15) is 33.6 Å². The lowest BCUT2D eigenvalue weighted by atomic mass is 10.0. The van der Waals surface area contributed by atoms with E-state index in [1.165, 1.54) is 6.07 Å². The molecule has 0 aromatic heterocycles. The molecular formula is C20H28N2O8S. The highest BCUT2D eigenvalue weighted by atomic mass is 32.2. The van der Waals surface area contributed by atoms with E-state index in [4.69, 9.17) is 5.11 Å². The number of nitrogens with one attached hydrogen (secondary N) is 2.